The van der Waals surface area contributed by atoms with Gasteiger partial charge < -0.3 is 27.2 Å². The number of benzene rings is 1. The molecule has 0 spiro atoms. The number of aromatic hydroxyl groups is 1. The van der Waals surface area contributed by atoms with Crippen molar-refractivity contribution in [3.05, 3.63) is 23.2 Å². The van der Waals surface area contributed by atoms with Gasteiger partial charge in [0.15, 0.2) is 11.0 Å². The number of hydrogen-bond acceptors (Lipinski definition) is 7. The third-order valence-corrected chi connectivity index (χ3v) is 5.55. The predicted octanol–water partition coefficient (Wildman–Crippen LogP) is 0.475. The van der Waals surface area contributed by atoms with Crippen molar-refractivity contribution in [3.63, 3.8) is 0 Å². The number of thiazole rings is 1. The number of amides is 1. The van der Waals surface area contributed by atoms with Crippen molar-refractivity contribution in [1.29, 1.82) is 0 Å². The number of carbonyl (C=O) groups is 2. The number of phenols is 1. The van der Waals surface area contributed by atoms with Gasteiger partial charge in [0.1, 0.15) is 11.8 Å². The lowest BCUT2D eigenvalue weighted by molar-refractivity contribution is -0.122. The first-order valence-electron chi connectivity index (χ1n) is 9.17. The van der Waals surface area contributed by atoms with Crippen molar-refractivity contribution >= 4 is 39.2 Å². The first kappa shape index (κ1) is 20.0. The van der Waals surface area contributed by atoms with Gasteiger partial charge in [-0.3, -0.25) is 9.59 Å². The largest absolute Gasteiger partial charge is 0.508 e. The molecular formula is C18H24N6O3S. The Labute approximate surface area is 166 Å². The number of aliphatic imine (C=N–C) groups is 1. The van der Waals surface area contributed by atoms with Gasteiger partial charge >= 0.3 is 0 Å². The molecule has 10 heteroatoms. The van der Waals surface area contributed by atoms with E-state index in [0.717, 1.165) is 19.4 Å². The minimum atomic E-state index is -0.763. The molecule has 1 aromatic heterocycles. The molecule has 1 aliphatic rings. The van der Waals surface area contributed by atoms with Gasteiger partial charge in [-0.15, -0.1) is 11.3 Å². The van der Waals surface area contributed by atoms with E-state index in [0.29, 0.717) is 29.6 Å². The molecule has 0 radical (unpaired) electrons. The molecule has 1 aliphatic heterocycles. The first-order valence-corrected chi connectivity index (χ1v) is 9.99. The summed E-state index contributed by atoms with van der Waals surface area (Å²) in [7, 11) is 0. The van der Waals surface area contributed by atoms with Gasteiger partial charge in [-0.2, -0.15) is 0 Å². The SMILES string of the molecule is NC(N)=NC(CCCNC(=O)[C@@H]1CCCN1)C(=O)c1nc2ccc(O)cc2s1. The van der Waals surface area contributed by atoms with Crippen molar-refractivity contribution in [2.75, 3.05) is 13.1 Å². The van der Waals surface area contributed by atoms with Crippen LogP contribution in [-0.4, -0.2) is 52.9 Å². The van der Waals surface area contributed by atoms with E-state index >= 15 is 0 Å². The second-order valence-electron chi connectivity index (χ2n) is 6.69. The van der Waals surface area contributed by atoms with Gasteiger partial charge in [0.2, 0.25) is 11.7 Å². The van der Waals surface area contributed by atoms with Crippen LogP contribution in [0.5, 0.6) is 5.75 Å². The molecule has 1 saturated heterocycles. The molecule has 0 bridgehead atoms. The topological polar surface area (TPSA) is 156 Å². The van der Waals surface area contributed by atoms with Gasteiger partial charge in [-0.1, -0.05) is 0 Å². The van der Waals surface area contributed by atoms with Crippen LogP contribution in [-0.2, 0) is 4.79 Å². The van der Waals surface area contributed by atoms with Gasteiger partial charge in [0, 0.05) is 6.54 Å². The normalized spacial score (nSPS) is 17.4. The maximum Gasteiger partial charge on any atom is 0.237 e. The number of phenolic OH excluding ortho intramolecular Hbond substituents is 1. The highest BCUT2D eigenvalue weighted by atomic mass is 32.1. The highest BCUT2D eigenvalue weighted by Gasteiger charge is 2.24. The Morgan fingerprint density at radius 1 is 1.43 bits per heavy atom. The maximum absolute atomic E-state index is 12.8. The number of nitrogens with zero attached hydrogens (tertiary/aromatic N) is 2. The van der Waals surface area contributed by atoms with E-state index in [1.165, 1.54) is 17.4 Å². The highest BCUT2D eigenvalue weighted by Crippen LogP contribution is 2.27. The molecule has 0 saturated carbocycles. The number of nitrogens with one attached hydrogen (secondary N) is 2. The lowest BCUT2D eigenvalue weighted by atomic mass is 10.1. The van der Waals surface area contributed by atoms with Gasteiger partial charge in [-0.25, -0.2) is 9.98 Å². The summed E-state index contributed by atoms with van der Waals surface area (Å²) in [6, 6.07) is 3.84. The molecule has 1 amide bonds. The van der Waals surface area contributed by atoms with E-state index < -0.39 is 6.04 Å². The van der Waals surface area contributed by atoms with Crippen LogP contribution in [0.3, 0.4) is 0 Å². The Bertz CT molecular complexity index is 887. The Morgan fingerprint density at radius 3 is 2.96 bits per heavy atom. The number of nitrogens with two attached hydrogens (primary N) is 2. The highest BCUT2D eigenvalue weighted by molar-refractivity contribution is 7.20. The number of hydrogen-bond donors (Lipinski definition) is 5. The Balaban J connectivity index is 1.61. The molecule has 2 aromatic rings. The summed E-state index contributed by atoms with van der Waals surface area (Å²) in [5.74, 6) is -0.356. The molecule has 2 heterocycles. The molecule has 150 valence electrons. The average Bonchev–Trinajstić information content (AvgIpc) is 3.32. The maximum atomic E-state index is 12.8. The molecule has 1 unspecified atom stereocenters. The third kappa shape index (κ3) is 4.96. The third-order valence-electron chi connectivity index (χ3n) is 4.52. The number of carbonyl (C=O) groups excluding carboxylic acids is 2. The van der Waals surface area contributed by atoms with Crippen molar-refractivity contribution in [2.24, 2.45) is 16.5 Å². The molecule has 7 N–H and O–H groups in total. The van der Waals surface area contributed by atoms with Crippen LogP contribution in [0.2, 0.25) is 0 Å². The number of Topliss-reactive ketones (excluding diaryl/α,β-unsaturated/α-hetero) is 1. The van der Waals surface area contributed by atoms with Crippen molar-refractivity contribution in [3.8, 4) is 5.75 Å². The molecule has 1 aromatic carbocycles. The standard InChI is InChI=1S/C18H24N6O3S/c19-18(20)24-12(3-1-8-22-16(27)13-4-2-7-21-13)15(26)17-23-11-6-5-10(25)9-14(11)28-17/h5-6,9,12-13,21,25H,1-4,7-8H2,(H,22,27)(H4,19,20,24)/t12?,13-/m0/s1. The van der Waals surface area contributed by atoms with Gasteiger partial charge in [0.05, 0.1) is 16.3 Å². The summed E-state index contributed by atoms with van der Waals surface area (Å²) in [5.41, 5.74) is 11.6. The minimum Gasteiger partial charge on any atom is -0.508 e. The van der Waals surface area contributed by atoms with E-state index in [2.05, 4.69) is 20.6 Å². The Hall–Kier alpha value is -2.72. The Morgan fingerprint density at radius 2 is 2.25 bits per heavy atom. The fourth-order valence-corrected chi connectivity index (χ4v) is 4.12. The van der Waals surface area contributed by atoms with E-state index in [4.69, 9.17) is 11.5 Å². The zero-order valence-electron chi connectivity index (χ0n) is 15.4. The van der Waals surface area contributed by atoms with Crippen LogP contribution < -0.4 is 22.1 Å². The van der Waals surface area contributed by atoms with Crippen LogP contribution >= 0.6 is 11.3 Å². The molecule has 3 rings (SSSR count). The summed E-state index contributed by atoms with van der Waals surface area (Å²) in [5, 5.41) is 15.9. The fourth-order valence-electron chi connectivity index (χ4n) is 3.13. The number of aromatic nitrogens is 1. The van der Waals surface area contributed by atoms with Crippen LogP contribution in [0.1, 0.15) is 35.5 Å². The quantitative estimate of drug-likeness (QED) is 0.185. The van der Waals surface area contributed by atoms with Crippen LogP contribution in [0.15, 0.2) is 23.2 Å². The van der Waals surface area contributed by atoms with Crippen LogP contribution in [0.4, 0.5) is 0 Å². The molecule has 9 nitrogen and oxygen atoms in total. The number of fused-ring (bicyclic) bond motifs is 1. The summed E-state index contributed by atoms with van der Waals surface area (Å²) in [6.45, 7) is 1.30. The summed E-state index contributed by atoms with van der Waals surface area (Å²) in [6.07, 6.45) is 2.78. The van der Waals surface area contributed by atoms with Crippen LogP contribution in [0.25, 0.3) is 10.2 Å². The zero-order valence-corrected chi connectivity index (χ0v) is 16.2. The molecule has 28 heavy (non-hydrogen) atoms. The summed E-state index contributed by atoms with van der Waals surface area (Å²) in [4.78, 5) is 33.2. The number of ketones is 1. The first-order chi connectivity index (χ1) is 13.4. The lowest BCUT2D eigenvalue weighted by Gasteiger charge is -2.13. The van der Waals surface area contributed by atoms with E-state index in [9.17, 15) is 14.7 Å². The number of rotatable bonds is 8. The zero-order chi connectivity index (χ0) is 20.1. The molecule has 2 atom stereocenters. The molecular weight excluding hydrogens is 380 g/mol. The van der Waals surface area contributed by atoms with Gasteiger partial charge in [0.25, 0.3) is 0 Å². The van der Waals surface area contributed by atoms with Crippen LogP contribution in [0, 0.1) is 0 Å². The summed E-state index contributed by atoms with van der Waals surface area (Å²) >= 11 is 1.19. The number of guanidine groups is 1. The second-order valence-corrected chi connectivity index (χ2v) is 7.72. The monoisotopic (exact) mass is 404 g/mol. The molecule has 1 fully saturated rings. The lowest BCUT2D eigenvalue weighted by Crippen LogP contribution is -2.41. The Kier molecular flexibility index (Phi) is 6.42. The second kappa shape index (κ2) is 8.98. The minimum absolute atomic E-state index is 0.0202. The van der Waals surface area contributed by atoms with E-state index in [1.807, 2.05) is 0 Å². The fraction of sp³-hybridized carbons (Fsp3) is 0.444. The van der Waals surface area contributed by atoms with Crippen molar-refractivity contribution in [2.45, 2.75) is 37.8 Å². The molecule has 0 aliphatic carbocycles. The predicted molar refractivity (Wildman–Crippen MR) is 108 cm³/mol. The summed E-state index contributed by atoms with van der Waals surface area (Å²) < 4.78 is 0.711. The van der Waals surface area contributed by atoms with Crippen molar-refractivity contribution < 1.29 is 14.7 Å². The smallest absolute Gasteiger partial charge is 0.237 e. The van der Waals surface area contributed by atoms with E-state index in [1.54, 1.807) is 12.1 Å². The average molecular weight is 404 g/mol. The van der Waals surface area contributed by atoms with Crippen molar-refractivity contribution in [1.82, 2.24) is 15.6 Å². The van der Waals surface area contributed by atoms with Gasteiger partial charge in [-0.05, 0) is 50.4 Å². The van der Waals surface area contributed by atoms with E-state index in [-0.39, 0.29) is 34.4 Å².